The molecule has 1 atom stereocenters. The fourth-order valence-corrected chi connectivity index (χ4v) is 4.64. The van der Waals surface area contributed by atoms with Crippen LogP contribution in [0.5, 0.6) is 0 Å². The number of halogens is 4. The van der Waals surface area contributed by atoms with Crippen molar-refractivity contribution in [2.45, 2.75) is 49.4 Å². The van der Waals surface area contributed by atoms with Crippen LogP contribution in [0.3, 0.4) is 0 Å². The summed E-state index contributed by atoms with van der Waals surface area (Å²) >= 11 is 5.53. The first kappa shape index (κ1) is 14.6. The van der Waals surface area contributed by atoms with Gasteiger partial charge in [0.15, 0.2) is 0 Å². The van der Waals surface area contributed by atoms with Crippen molar-refractivity contribution < 1.29 is 13.2 Å². The molecule has 3 fully saturated rings. The van der Waals surface area contributed by atoms with Crippen LogP contribution in [-0.2, 0) is 12.0 Å². The lowest BCUT2D eigenvalue weighted by molar-refractivity contribution is -0.205. The summed E-state index contributed by atoms with van der Waals surface area (Å²) in [6, 6.07) is 1.84. The number of alkyl halides is 1. The molecule has 1 aromatic heterocycles. The SMILES string of the molecule is O=c1n(C23CC(F)(C2)C3)nc2n1C(c1cc(F)c(Cl)c(F)c1)CC2. The van der Waals surface area contributed by atoms with Gasteiger partial charge in [-0.3, -0.25) is 4.57 Å². The largest absolute Gasteiger partial charge is 0.347 e. The summed E-state index contributed by atoms with van der Waals surface area (Å²) in [6.45, 7) is 0. The highest BCUT2D eigenvalue weighted by Gasteiger charge is 2.71. The van der Waals surface area contributed by atoms with E-state index in [4.69, 9.17) is 11.6 Å². The van der Waals surface area contributed by atoms with Crippen molar-refractivity contribution in [1.29, 1.82) is 0 Å². The zero-order valence-corrected chi connectivity index (χ0v) is 13.3. The Morgan fingerprint density at radius 3 is 2.42 bits per heavy atom. The molecular formula is C16H13ClF3N3O. The number of hydrogen-bond donors (Lipinski definition) is 0. The summed E-state index contributed by atoms with van der Waals surface area (Å²) in [7, 11) is 0. The molecule has 4 nitrogen and oxygen atoms in total. The molecule has 2 aromatic rings. The van der Waals surface area contributed by atoms with E-state index in [0.29, 0.717) is 43.5 Å². The second-order valence-corrected chi connectivity index (χ2v) is 7.62. The van der Waals surface area contributed by atoms with Crippen molar-refractivity contribution in [2.24, 2.45) is 0 Å². The molecule has 2 bridgehead atoms. The third-order valence-corrected chi connectivity index (χ3v) is 5.97. The minimum atomic E-state index is -1.13. The average molecular weight is 356 g/mol. The average Bonchev–Trinajstić information content (AvgIpc) is 3.01. The van der Waals surface area contributed by atoms with Gasteiger partial charge in [-0.15, -0.1) is 0 Å². The molecule has 0 saturated heterocycles. The lowest BCUT2D eigenvalue weighted by Gasteiger charge is -2.64. The number of rotatable bonds is 2. The lowest BCUT2D eigenvalue weighted by atomic mass is 9.47. The van der Waals surface area contributed by atoms with Crippen LogP contribution < -0.4 is 5.69 Å². The molecule has 6 rings (SSSR count). The molecule has 3 aliphatic carbocycles. The monoisotopic (exact) mass is 355 g/mol. The highest BCUT2D eigenvalue weighted by Crippen LogP contribution is 2.66. The summed E-state index contributed by atoms with van der Waals surface area (Å²) in [4.78, 5) is 12.8. The first-order valence-corrected chi connectivity index (χ1v) is 8.24. The predicted octanol–water partition coefficient (Wildman–Crippen LogP) is 3.11. The van der Waals surface area contributed by atoms with E-state index in [1.54, 1.807) is 0 Å². The Bertz CT molecular complexity index is 908. The van der Waals surface area contributed by atoms with Crippen molar-refractivity contribution in [2.75, 3.05) is 0 Å². The van der Waals surface area contributed by atoms with E-state index in [1.807, 2.05) is 0 Å². The smallest absolute Gasteiger partial charge is 0.271 e. The van der Waals surface area contributed by atoms with Crippen LogP contribution in [0.4, 0.5) is 13.2 Å². The summed E-state index contributed by atoms with van der Waals surface area (Å²) < 4.78 is 44.1. The fourth-order valence-electron chi connectivity index (χ4n) is 4.53. The molecule has 1 unspecified atom stereocenters. The Hall–Kier alpha value is -1.76. The van der Waals surface area contributed by atoms with E-state index in [-0.39, 0.29) is 5.69 Å². The molecule has 1 aromatic carbocycles. The Morgan fingerprint density at radius 2 is 1.83 bits per heavy atom. The van der Waals surface area contributed by atoms with E-state index in [2.05, 4.69) is 5.10 Å². The van der Waals surface area contributed by atoms with Gasteiger partial charge in [-0.2, -0.15) is 5.10 Å². The molecule has 0 amide bonds. The second kappa shape index (κ2) is 4.25. The van der Waals surface area contributed by atoms with Gasteiger partial charge in [0.1, 0.15) is 28.2 Å². The van der Waals surface area contributed by atoms with Gasteiger partial charge in [0.2, 0.25) is 0 Å². The maximum absolute atomic E-state index is 13.8. The van der Waals surface area contributed by atoms with E-state index in [9.17, 15) is 18.0 Å². The number of nitrogens with zero attached hydrogens (tertiary/aromatic N) is 3. The van der Waals surface area contributed by atoms with Gasteiger partial charge < -0.3 is 0 Å². The molecule has 8 heteroatoms. The third kappa shape index (κ3) is 1.66. The third-order valence-electron chi connectivity index (χ3n) is 5.61. The zero-order valence-electron chi connectivity index (χ0n) is 12.5. The van der Waals surface area contributed by atoms with Gasteiger partial charge in [0, 0.05) is 25.7 Å². The highest BCUT2D eigenvalue weighted by molar-refractivity contribution is 6.30. The maximum Gasteiger partial charge on any atom is 0.347 e. The van der Waals surface area contributed by atoms with Gasteiger partial charge in [-0.05, 0) is 24.1 Å². The van der Waals surface area contributed by atoms with Crippen LogP contribution in [0.1, 0.15) is 43.1 Å². The second-order valence-electron chi connectivity index (χ2n) is 7.24. The molecule has 0 spiro atoms. The molecule has 0 N–H and O–H groups in total. The molecule has 24 heavy (non-hydrogen) atoms. The van der Waals surface area contributed by atoms with Crippen molar-refractivity contribution in [3.63, 3.8) is 0 Å². The summed E-state index contributed by atoms with van der Waals surface area (Å²) in [5.74, 6) is -1.11. The summed E-state index contributed by atoms with van der Waals surface area (Å²) in [6.07, 6.45) is 2.05. The minimum Gasteiger partial charge on any atom is -0.271 e. The first-order valence-electron chi connectivity index (χ1n) is 7.86. The van der Waals surface area contributed by atoms with E-state index in [0.717, 1.165) is 12.1 Å². The van der Waals surface area contributed by atoms with Crippen LogP contribution in [-0.4, -0.2) is 20.0 Å². The van der Waals surface area contributed by atoms with Gasteiger partial charge >= 0.3 is 5.69 Å². The van der Waals surface area contributed by atoms with Crippen LogP contribution in [0, 0.1) is 11.6 Å². The number of fused-ring (bicyclic) bond motifs is 1. The number of aryl methyl sites for hydroxylation is 1. The standard InChI is InChI=1S/C16H13ClF3N3O/c17-13-9(18)3-8(4-10(13)19)11-1-2-12-21-23(14(24)22(11)12)16-5-15(20,6-16)7-16/h3-4,11H,1-2,5-7H2. The van der Waals surface area contributed by atoms with Crippen molar-refractivity contribution >= 4 is 11.6 Å². The molecule has 3 saturated carbocycles. The van der Waals surface area contributed by atoms with E-state index < -0.39 is 33.9 Å². The molecule has 2 heterocycles. The van der Waals surface area contributed by atoms with Gasteiger partial charge in [0.25, 0.3) is 0 Å². The van der Waals surface area contributed by atoms with E-state index in [1.165, 1.54) is 9.25 Å². The van der Waals surface area contributed by atoms with Gasteiger partial charge in [0.05, 0.1) is 11.6 Å². The zero-order chi connectivity index (χ0) is 16.9. The molecule has 1 aliphatic heterocycles. The minimum absolute atomic E-state index is 0.325. The molecule has 4 aliphatic rings. The fraction of sp³-hybridized carbons (Fsp3) is 0.500. The first-order chi connectivity index (χ1) is 11.3. The maximum atomic E-state index is 13.8. The van der Waals surface area contributed by atoms with Crippen LogP contribution >= 0.6 is 11.6 Å². The topological polar surface area (TPSA) is 39.8 Å². The number of aromatic nitrogens is 3. The number of benzene rings is 1. The Labute approximate surface area is 139 Å². The van der Waals surface area contributed by atoms with Crippen LogP contribution in [0.25, 0.3) is 0 Å². The van der Waals surface area contributed by atoms with Crippen molar-refractivity contribution in [3.05, 3.63) is 50.7 Å². The summed E-state index contributed by atoms with van der Waals surface area (Å²) in [5, 5.41) is 3.82. The quantitative estimate of drug-likeness (QED) is 0.777. The van der Waals surface area contributed by atoms with Gasteiger partial charge in [-0.25, -0.2) is 22.6 Å². The van der Waals surface area contributed by atoms with Gasteiger partial charge in [-0.1, -0.05) is 11.6 Å². The van der Waals surface area contributed by atoms with Crippen molar-refractivity contribution in [3.8, 4) is 0 Å². The molecular weight excluding hydrogens is 343 g/mol. The summed E-state index contributed by atoms with van der Waals surface area (Å²) in [5.41, 5.74) is -1.60. The molecule has 126 valence electrons. The lowest BCUT2D eigenvalue weighted by Crippen LogP contribution is -2.72. The predicted molar refractivity (Wildman–Crippen MR) is 80.0 cm³/mol. The van der Waals surface area contributed by atoms with E-state index >= 15 is 0 Å². The number of hydrogen-bond acceptors (Lipinski definition) is 2. The van der Waals surface area contributed by atoms with Crippen LogP contribution in [0.15, 0.2) is 16.9 Å². The Kier molecular flexibility index (Phi) is 2.58. The Balaban J connectivity index is 1.58. The van der Waals surface area contributed by atoms with Crippen LogP contribution in [0.2, 0.25) is 5.02 Å². The normalized spacial score (nSPS) is 33.1. The highest BCUT2D eigenvalue weighted by atomic mass is 35.5. The Morgan fingerprint density at radius 1 is 1.21 bits per heavy atom. The molecule has 0 radical (unpaired) electrons. The van der Waals surface area contributed by atoms with Crippen molar-refractivity contribution in [1.82, 2.24) is 14.3 Å².